The SMILES string of the molecule is CCNCc1nnc(Cc2ccccc2C)s1. The summed E-state index contributed by atoms with van der Waals surface area (Å²) in [5, 5.41) is 13.8. The fraction of sp³-hybridized carbons (Fsp3) is 0.385. The molecule has 0 bridgehead atoms. The Hall–Kier alpha value is -1.26. The van der Waals surface area contributed by atoms with Crippen LogP contribution >= 0.6 is 11.3 Å². The highest BCUT2D eigenvalue weighted by atomic mass is 32.1. The first-order valence-electron chi connectivity index (χ1n) is 5.86. The standard InChI is InChI=1S/C13H17N3S/c1-3-14-9-13-16-15-12(17-13)8-11-7-5-4-6-10(11)2/h4-7,14H,3,8-9H2,1-2H3. The van der Waals surface area contributed by atoms with Crippen molar-refractivity contribution in [2.24, 2.45) is 0 Å². The lowest BCUT2D eigenvalue weighted by molar-refractivity contribution is 0.714. The third kappa shape index (κ3) is 3.35. The van der Waals surface area contributed by atoms with E-state index in [9.17, 15) is 0 Å². The minimum atomic E-state index is 0.821. The number of nitrogens with one attached hydrogen (secondary N) is 1. The quantitative estimate of drug-likeness (QED) is 0.882. The predicted molar refractivity (Wildman–Crippen MR) is 71.3 cm³/mol. The van der Waals surface area contributed by atoms with Crippen LogP contribution in [-0.2, 0) is 13.0 Å². The molecule has 0 aliphatic carbocycles. The molecular formula is C13H17N3S. The molecule has 0 spiro atoms. The topological polar surface area (TPSA) is 37.8 Å². The Balaban J connectivity index is 2.04. The van der Waals surface area contributed by atoms with Crippen LogP contribution in [0.15, 0.2) is 24.3 Å². The lowest BCUT2D eigenvalue weighted by Crippen LogP contribution is -2.11. The number of rotatable bonds is 5. The molecule has 0 fully saturated rings. The second kappa shape index (κ2) is 5.89. The molecule has 1 aromatic carbocycles. The van der Waals surface area contributed by atoms with Crippen molar-refractivity contribution in [1.82, 2.24) is 15.5 Å². The average molecular weight is 247 g/mol. The van der Waals surface area contributed by atoms with Crippen molar-refractivity contribution in [2.75, 3.05) is 6.54 Å². The highest BCUT2D eigenvalue weighted by Crippen LogP contribution is 2.16. The van der Waals surface area contributed by atoms with Crippen LogP contribution in [0.1, 0.15) is 28.1 Å². The Morgan fingerprint density at radius 2 is 1.94 bits per heavy atom. The summed E-state index contributed by atoms with van der Waals surface area (Å²) in [4.78, 5) is 0. The molecule has 0 saturated carbocycles. The normalized spacial score (nSPS) is 10.7. The molecule has 2 rings (SSSR count). The van der Waals surface area contributed by atoms with Gasteiger partial charge in [0.15, 0.2) is 0 Å². The Morgan fingerprint density at radius 3 is 2.71 bits per heavy atom. The maximum atomic E-state index is 4.23. The van der Waals surface area contributed by atoms with Gasteiger partial charge in [-0.15, -0.1) is 10.2 Å². The first kappa shape index (κ1) is 12.2. The molecule has 0 aliphatic heterocycles. The smallest absolute Gasteiger partial charge is 0.131 e. The lowest BCUT2D eigenvalue weighted by atomic mass is 10.1. The summed E-state index contributed by atoms with van der Waals surface area (Å²) in [6.45, 7) is 6.01. The van der Waals surface area contributed by atoms with E-state index < -0.39 is 0 Å². The van der Waals surface area contributed by atoms with Gasteiger partial charge in [-0.1, -0.05) is 42.5 Å². The minimum absolute atomic E-state index is 0.821. The molecule has 3 nitrogen and oxygen atoms in total. The van der Waals surface area contributed by atoms with Crippen molar-refractivity contribution in [3.05, 3.63) is 45.4 Å². The number of benzene rings is 1. The molecule has 0 radical (unpaired) electrons. The molecule has 0 saturated heterocycles. The first-order valence-corrected chi connectivity index (χ1v) is 6.67. The maximum Gasteiger partial charge on any atom is 0.131 e. The zero-order valence-electron chi connectivity index (χ0n) is 10.2. The molecular weight excluding hydrogens is 230 g/mol. The third-order valence-electron chi connectivity index (χ3n) is 2.64. The van der Waals surface area contributed by atoms with Gasteiger partial charge in [0, 0.05) is 13.0 Å². The van der Waals surface area contributed by atoms with Crippen molar-refractivity contribution >= 4 is 11.3 Å². The fourth-order valence-corrected chi connectivity index (χ4v) is 2.47. The lowest BCUT2D eigenvalue weighted by Gasteiger charge is -2.01. The van der Waals surface area contributed by atoms with E-state index in [1.165, 1.54) is 11.1 Å². The summed E-state index contributed by atoms with van der Waals surface area (Å²) in [6.07, 6.45) is 0.885. The van der Waals surface area contributed by atoms with Gasteiger partial charge >= 0.3 is 0 Å². The van der Waals surface area contributed by atoms with Crippen LogP contribution < -0.4 is 5.32 Å². The zero-order chi connectivity index (χ0) is 12.1. The van der Waals surface area contributed by atoms with E-state index in [1.54, 1.807) is 11.3 Å². The Morgan fingerprint density at radius 1 is 1.18 bits per heavy atom. The number of nitrogens with zero attached hydrogens (tertiary/aromatic N) is 2. The molecule has 0 aliphatic rings. The van der Waals surface area contributed by atoms with Crippen LogP contribution in [-0.4, -0.2) is 16.7 Å². The van der Waals surface area contributed by atoms with E-state index in [1.807, 2.05) is 0 Å². The van der Waals surface area contributed by atoms with Crippen molar-refractivity contribution in [3.63, 3.8) is 0 Å². The monoisotopic (exact) mass is 247 g/mol. The highest BCUT2D eigenvalue weighted by molar-refractivity contribution is 7.11. The second-order valence-electron chi connectivity index (χ2n) is 3.97. The largest absolute Gasteiger partial charge is 0.311 e. The summed E-state index contributed by atoms with van der Waals surface area (Å²) < 4.78 is 0. The summed E-state index contributed by atoms with van der Waals surface area (Å²) in [5.74, 6) is 0. The zero-order valence-corrected chi connectivity index (χ0v) is 11.0. The molecule has 0 amide bonds. The maximum absolute atomic E-state index is 4.23. The Kier molecular flexibility index (Phi) is 4.23. The minimum Gasteiger partial charge on any atom is -0.311 e. The highest BCUT2D eigenvalue weighted by Gasteiger charge is 2.06. The van der Waals surface area contributed by atoms with Gasteiger partial charge in [0.05, 0.1) is 0 Å². The van der Waals surface area contributed by atoms with E-state index in [4.69, 9.17) is 0 Å². The van der Waals surface area contributed by atoms with Crippen LogP contribution in [0.2, 0.25) is 0 Å². The van der Waals surface area contributed by atoms with E-state index in [2.05, 4.69) is 53.6 Å². The van der Waals surface area contributed by atoms with Crippen molar-refractivity contribution in [2.45, 2.75) is 26.8 Å². The summed E-state index contributed by atoms with van der Waals surface area (Å²) >= 11 is 1.69. The van der Waals surface area contributed by atoms with Gasteiger partial charge in [0.1, 0.15) is 10.0 Å². The number of aromatic nitrogens is 2. The van der Waals surface area contributed by atoms with Gasteiger partial charge < -0.3 is 5.32 Å². The Bertz CT molecular complexity index is 479. The van der Waals surface area contributed by atoms with Gasteiger partial charge in [-0.3, -0.25) is 0 Å². The summed E-state index contributed by atoms with van der Waals surface area (Å²) in [6, 6.07) is 8.43. The van der Waals surface area contributed by atoms with Crippen LogP contribution in [0.5, 0.6) is 0 Å². The van der Waals surface area contributed by atoms with E-state index in [0.717, 1.165) is 29.5 Å². The van der Waals surface area contributed by atoms with Gasteiger partial charge in [-0.25, -0.2) is 0 Å². The number of aryl methyl sites for hydroxylation is 1. The van der Waals surface area contributed by atoms with E-state index >= 15 is 0 Å². The van der Waals surface area contributed by atoms with Crippen LogP contribution in [0.4, 0.5) is 0 Å². The third-order valence-corrected chi connectivity index (χ3v) is 3.56. The molecule has 1 heterocycles. The van der Waals surface area contributed by atoms with Crippen molar-refractivity contribution in [1.29, 1.82) is 0 Å². The summed E-state index contributed by atoms with van der Waals surface area (Å²) in [5.41, 5.74) is 2.65. The molecule has 1 N–H and O–H groups in total. The molecule has 17 heavy (non-hydrogen) atoms. The van der Waals surface area contributed by atoms with Crippen molar-refractivity contribution in [3.8, 4) is 0 Å². The second-order valence-corrected chi connectivity index (χ2v) is 5.12. The van der Waals surface area contributed by atoms with Crippen LogP contribution in [0.3, 0.4) is 0 Å². The van der Waals surface area contributed by atoms with E-state index in [0.29, 0.717) is 0 Å². The van der Waals surface area contributed by atoms with Crippen molar-refractivity contribution < 1.29 is 0 Å². The molecule has 1 aromatic heterocycles. The fourth-order valence-electron chi connectivity index (χ4n) is 1.63. The van der Waals surface area contributed by atoms with Crippen LogP contribution in [0.25, 0.3) is 0 Å². The van der Waals surface area contributed by atoms with Gasteiger partial charge in [0.25, 0.3) is 0 Å². The number of hydrogen-bond acceptors (Lipinski definition) is 4. The van der Waals surface area contributed by atoms with Crippen LogP contribution in [0, 0.1) is 6.92 Å². The Labute approximate surface area is 106 Å². The summed E-state index contributed by atoms with van der Waals surface area (Å²) in [7, 11) is 0. The van der Waals surface area contributed by atoms with Gasteiger partial charge in [-0.05, 0) is 24.6 Å². The molecule has 0 unspecified atom stereocenters. The van der Waals surface area contributed by atoms with E-state index in [-0.39, 0.29) is 0 Å². The average Bonchev–Trinajstić information content (AvgIpc) is 2.77. The van der Waals surface area contributed by atoms with Gasteiger partial charge in [-0.2, -0.15) is 0 Å². The molecule has 90 valence electrons. The first-order chi connectivity index (χ1) is 8.29. The predicted octanol–water partition coefficient (Wildman–Crippen LogP) is 2.55. The number of hydrogen-bond donors (Lipinski definition) is 1. The molecule has 2 aromatic rings. The molecule has 4 heteroatoms. The van der Waals surface area contributed by atoms with Gasteiger partial charge in [0.2, 0.25) is 0 Å². The molecule has 0 atom stereocenters.